The van der Waals surface area contributed by atoms with E-state index in [-0.39, 0.29) is 29.9 Å². The van der Waals surface area contributed by atoms with E-state index in [9.17, 15) is 26.4 Å². The number of thiophene rings is 1. The number of alkyl halides is 3. The highest BCUT2D eigenvalue weighted by molar-refractivity contribution is 7.94. The number of halogens is 3. The lowest BCUT2D eigenvalue weighted by Crippen LogP contribution is -2.34. The van der Waals surface area contributed by atoms with E-state index in [1.165, 1.54) is 27.0 Å². The maximum atomic E-state index is 13.6. The van der Waals surface area contributed by atoms with Crippen LogP contribution in [-0.2, 0) is 35.6 Å². The molecule has 0 aliphatic rings. The number of aromatic nitrogens is 2. The average molecular weight is 677 g/mol. The molecule has 0 unspecified atom stereocenters. The van der Waals surface area contributed by atoms with Crippen molar-refractivity contribution in [3.05, 3.63) is 52.9 Å². The molecular weight excluding hydrogens is 646 g/mol. The first kappa shape index (κ1) is 35.0. The number of aliphatic carboxylic acids is 1. The van der Waals surface area contributed by atoms with Crippen LogP contribution in [0.2, 0.25) is 0 Å². The van der Waals surface area contributed by atoms with E-state index in [0.29, 0.717) is 31.0 Å². The molecule has 4 aromatic rings. The molecule has 0 bridgehead atoms. The Labute approximate surface area is 259 Å². The van der Waals surface area contributed by atoms with Crippen LogP contribution in [0.15, 0.2) is 52.2 Å². The van der Waals surface area contributed by atoms with E-state index < -0.39 is 22.2 Å². The molecule has 0 saturated carbocycles. The lowest BCUT2D eigenvalue weighted by atomic mass is 10.2. The first-order chi connectivity index (χ1) is 20.8. The zero-order valence-corrected chi connectivity index (χ0v) is 26.4. The van der Waals surface area contributed by atoms with Crippen LogP contribution in [0, 0.1) is 0 Å². The molecule has 1 aromatic carbocycles. The monoisotopic (exact) mass is 676 g/mol. The van der Waals surface area contributed by atoms with Crippen molar-refractivity contribution in [2.24, 2.45) is 0 Å². The molecule has 0 atom stereocenters. The topological polar surface area (TPSA) is 142 Å². The predicted molar refractivity (Wildman–Crippen MR) is 161 cm³/mol. The number of aromatic amines is 1. The highest BCUT2D eigenvalue weighted by atomic mass is 32.2. The Kier molecular flexibility index (Phi) is 12.3. The Morgan fingerprint density at radius 3 is 2.48 bits per heavy atom. The number of fused-ring (bicyclic) bond motifs is 1. The molecule has 3 heterocycles. The van der Waals surface area contributed by atoms with Gasteiger partial charge in [-0.25, -0.2) is 18.2 Å². The molecule has 0 fully saturated rings. The van der Waals surface area contributed by atoms with Gasteiger partial charge in [-0.15, -0.1) is 22.7 Å². The number of ether oxygens (including phenoxy) is 2. The number of thiazole rings is 1. The quantitative estimate of drug-likeness (QED) is 0.144. The Morgan fingerprint density at radius 1 is 1.14 bits per heavy atom. The van der Waals surface area contributed by atoms with Crippen LogP contribution in [0.3, 0.4) is 0 Å². The van der Waals surface area contributed by atoms with Crippen LogP contribution in [0.1, 0.15) is 18.7 Å². The minimum Gasteiger partial charge on any atom is -0.475 e. The number of nitrogens with zero attached hydrogens (tertiary/aromatic N) is 3. The lowest BCUT2D eigenvalue weighted by Gasteiger charge is -2.24. The summed E-state index contributed by atoms with van der Waals surface area (Å²) in [5.41, 5.74) is 2.07. The fourth-order valence-electron chi connectivity index (χ4n) is 3.90. The molecule has 44 heavy (non-hydrogen) atoms. The highest BCUT2D eigenvalue weighted by Gasteiger charge is 2.38. The minimum atomic E-state index is -5.08. The highest BCUT2D eigenvalue weighted by Crippen LogP contribution is 2.35. The van der Waals surface area contributed by atoms with E-state index in [1.54, 1.807) is 36.7 Å². The van der Waals surface area contributed by atoms with E-state index in [4.69, 9.17) is 19.4 Å². The maximum absolute atomic E-state index is 13.6. The van der Waals surface area contributed by atoms with Crippen molar-refractivity contribution >= 4 is 61.2 Å². The SMILES string of the molecule is CCOCCN(c1cccc2cc(-c3ncc(CN(C)CC(=O)OCC)s3)[nH]c12)S(=O)(=O)c1cccs1.O=C(O)C(F)(F)F. The second-order valence-electron chi connectivity index (χ2n) is 9.04. The van der Waals surface area contributed by atoms with Crippen molar-refractivity contribution in [3.63, 3.8) is 0 Å². The molecule has 11 nitrogen and oxygen atoms in total. The number of carbonyl (C=O) groups excluding carboxylic acids is 1. The molecular formula is C27H31F3N4O7S3. The number of anilines is 1. The van der Waals surface area contributed by atoms with Gasteiger partial charge in [0.15, 0.2) is 0 Å². The number of rotatable bonds is 13. The maximum Gasteiger partial charge on any atom is 0.490 e. The minimum absolute atomic E-state index is 0.190. The third-order valence-electron chi connectivity index (χ3n) is 5.74. The molecule has 0 aliphatic carbocycles. The summed E-state index contributed by atoms with van der Waals surface area (Å²) in [4.78, 5) is 31.5. The van der Waals surface area contributed by atoms with Crippen molar-refractivity contribution in [3.8, 4) is 10.7 Å². The van der Waals surface area contributed by atoms with Crippen LogP contribution >= 0.6 is 22.7 Å². The summed E-state index contributed by atoms with van der Waals surface area (Å²) in [5, 5.41) is 10.5. The van der Waals surface area contributed by atoms with Crippen molar-refractivity contribution in [2.45, 2.75) is 30.8 Å². The number of H-pyrrole nitrogens is 1. The van der Waals surface area contributed by atoms with Crippen molar-refractivity contribution in [2.75, 3.05) is 44.3 Å². The average Bonchev–Trinajstić information content (AvgIpc) is 3.72. The van der Waals surface area contributed by atoms with Gasteiger partial charge in [-0.1, -0.05) is 18.2 Å². The second-order valence-corrected chi connectivity index (χ2v) is 13.2. The number of nitrogens with one attached hydrogen (secondary N) is 1. The smallest absolute Gasteiger partial charge is 0.475 e. The molecule has 17 heteroatoms. The van der Waals surface area contributed by atoms with Crippen LogP contribution in [0.25, 0.3) is 21.6 Å². The van der Waals surface area contributed by atoms with Gasteiger partial charge < -0.3 is 19.6 Å². The van der Waals surface area contributed by atoms with Gasteiger partial charge in [0.1, 0.15) is 9.22 Å². The van der Waals surface area contributed by atoms with Gasteiger partial charge in [-0.05, 0) is 44.5 Å². The summed E-state index contributed by atoms with van der Waals surface area (Å²) in [6.45, 7) is 5.76. The number of hydrogen-bond donors (Lipinski definition) is 2. The van der Waals surface area contributed by atoms with Crippen LogP contribution in [-0.4, -0.2) is 86.5 Å². The zero-order chi connectivity index (χ0) is 32.5. The van der Waals surface area contributed by atoms with Gasteiger partial charge in [0.25, 0.3) is 10.0 Å². The van der Waals surface area contributed by atoms with Crippen molar-refractivity contribution in [1.29, 1.82) is 0 Å². The van der Waals surface area contributed by atoms with Gasteiger partial charge in [0.05, 0.1) is 43.2 Å². The first-order valence-electron chi connectivity index (χ1n) is 13.1. The fourth-order valence-corrected chi connectivity index (χ4v) is 7.43. The number of esters is 1. The third kappa shape index (κ3) is 9.25. The van der Waals surface area contributed by atoms with Gasteiger partial charge in [0, 0.05) is 29.6 Å². The molecule has 2 N–H and O–H groups in total. The molecule has 0 aliphatic heterocycles. The number of carbonyl (C=O) groups is 2. The third-order valence-corrected chi connectivity index (χ3v) is 9.94. The van der Waals surface area contributed by atoms with E-state index in [1.807, 2.05) is 37.1 Å². The molecule has 240 valence electrons. The van der Waals surface area contributed by atoms with Crippen LogP contribution < -0.4 is 4.31 Å². The van der Waals surface area contributed by atoms with Crippen molar-refractivity contribution < 1.29 is 45.8 Å². The largest absolute Gasteiger partial charge is 0.490 e. The summed E-state index contributed by atoms with van der Waals surface area (Å²) in [5.74, 6) is -3.02. The molecule has 0 saturated heterocycles. The van der Waals surface area contributed by atoms with Crippen LogP contribution in [0.4, 0.5) is 18.9 Å². The summed E-state index contributed by atoms with van der Waals surface area (Å²) in [6.07, 6.45) is -3.29. The standard InChI is InChI=1S/C25H30N4O5S3.C2HF3O2/c1-4-33-12-11-29(37(31,32)23-10-7-13-35-23)21-9-6-8-18-14-20(27-24(18)21)25-26-15-19(36-25)16-28(3)17-22(30)34-5-2;3-2(4,5)1(6)7/h6-10,13-15,27H,4-5,11-12,16-17H2,1-3H3;(H,6,7). The van der Waals surface area contributed by atoms with Gasteiger partial charge >= 0.3 is 18.1 Å². The number of carboxylic acid groups (broad SMARTS) is 1. The van der Waals surface area contributed by atoms with E-state index in [2.05, 4.69) is 9.97 Å². The molecule has 0 radical (unpaired) electrons. The summed E-state index contributed by atoms with van der Waals surface area (Å²) in [6, 6.07) is 10.9. The fraction of sp³-hybridized carbons (Fsp3) is 0.370. The Hall–Kier alpha value is -3.51. The van der Waals surface area contributed by atoms with Crippen molar-refractivity contribution in [1.82, 2.24) is 14.9 Å². The van der Waals surface area contributed by atoms with Gasteiger partial charge in [0.2, 0.25) is 0 Å². The summed E-state index contributed by atoms with van der Waals surface area (Å²) < 4.78 is 71.0. The molecule has 0 amide bonds. The predicted octanol–water partition coefficient (Wildman–Crippen LogP) is 5.21. The van der Waals surface area contributed by atoms with E-state index >= 15 is 0 Å². The Balaban J connectivity index is 0.000000676. The normalized spacial score (nSPS) is 11.8. The Bertz CT molecular complexity index is 1640. The van der Waals surface area contributed by atoms with Crippen LogP contribution in [0.5, 0.6) is 0 Å². The number of carboxylic acids is 1. The summed E-state index contributed by atoms with van der Waals surface area (Å²) in [7, 11) is -1.91. The van der Waals surface area contributed by atoms with E-state index in [0.717, 1.165) is 21.0 Å². The Morgan fingerprint density at radius 2 is 1.86 bits per heavy atom. The number of para-hydroxylation sites is 1. The first-order valence-corrected chi connectivity index (χ1v) is 16.3. The number of likely N-dealkylation sites (N-methyl/N-ethyl adjacent to an activating group) is 1. The molecule has 0 spiro atoms. The zero-order valence-electron chi connectivity index (χ0n) is 24.0. The lowest BCUT2D eigenvalue weighted by molar-refractivity contribution is -0.192. The van der Waals surface area contributed by atoms with Gasteiger partial charge in [-0.2, -0.15) is 13.2 Å². The number of benzene rings is 1. The number of hydrogen-bond acceptors (Lipinski definition) is 10. The second kappa shape index (κ2) is 15.5. The number of sulfonamides is 1. The molecule has 4 rings (SSSR count). The summed E-state index contributed by atoms with van der Waals surface area (Å²) >= 11 is 2.71. The van der Waals surface area contributed by atoms with Gasteiger partial charge in [-0.3, -0.25) is 14.0 Å². The molecule has 3 aromatic heterocycles.